The Balaban J connectivity index is 2.97. The van der Waals surface area contributed by atoms with Crippen molar-refractivity contribution in [2.24, 2.45) is 5.73 Å². The molecule has 0 aliphatic carbocycles. The minimum absolute atomic E-state index is 0.234. The number of carbonyl (C=O) groups excluding carboxylic acids is 2. The van der Waals surface area contributed by atoms with Crippen molar-refractivity contribution in [3.05, 3.63) is 24.3 Å². The van der Waals surface area contributed by atoms with Crippen LogP contribution >= 0.6 is 0 Å². The van der Waals surface area contributed by atoms with Gasteiger partial charge < -0.3 is 15.2 Å². The second-order valence-electron chi connectivity index (χ2n) is 2.64. The number of primary amides is 1. The van der Waals surface area contributed by atoms with Gasteiger partial charge in [-0.3, -0.25) is 4.79 Å². The van der Waals surface area contributed by atoms with Crippen LogP contribution in [-0.4, -0.2) is 20.9 Å². The number of hydrogen-bond acceptors (Lipinski definition) is 5. The van der Waals surface area contributed by atoms with Gasteiger partial charge >= 0.3 is 16.2 Å². The third-order valence-electron chi connectivity index (χ3n) is 1.56. The van der Waals surface area contributed by atoms with Gasteiger partial charge in [-0.25, -0.2) is 4.79 Å². The summed E-state index contributed by atoms with van der Waals surface area (Å²) in [4.78, 5) is 20.2. The SMILES string of the molecule is NC(=O)OS(=O)(=O)c1ccc(NC=O)cc1. The Bertz CT molecular complexity index is 494. The van der Waals surface area contributed by atoms with Crippen molar-refractivity contribution in [2.75, 3.05) is 5.32 Å². The standard InChI is InChI=1S/C8H8N2O5S/c9-8(12)15-16(13,14)7-3-1-6(2-4-7)10-5-11/h1-5H,(H2,9,12)(H,10,11). The van der Waals surface area contributed by atoms with Gasteiger partial charge in [0.1, 0.15) is 4.90 Å². The molecule has 1 aromatic carbocycles. The van der Waals surface area contributed by atoms with Crippen molar-refractivity contribution in [3.8, 4) is 0 Å². The van der Waals surface area contributed by atoms with Crippen LogP contribution < -0.4 is 11.1 Å². The van der Waals surface area contributed by atoms with Gasteiger partial charge in [0.2, 0.25) is 6.41 Å². The van der Waals surface area contributed by atoms with Crippen molar-refractivity contribution in [2.45, 2.75) is 4.90 Å². The van der Waals surface area contributed by atoms with Gasteiger partial charge in [-0.05, 0) is 24.3 Å². The molecule has 0 saturated heterocycles. The minimum Gasteiger partial charge on any atom is -0.334 e. The van der Waals surface area contributed by atoms with E-state index >= 15 is 0 Å². The quantitative estimate of drug-likeness (QED) is 0.573. The minimum atomic E-state index is -4.18. The number of rotatable bonds is 4. The molecule has 3 N–H and O–H groups in total. The fourth-order valence-electron chi connectivity index (χ4n) is 0.942. The summed E-state index contributed by atoms with van der Waals surface area (Å²) < 4.78 is 26.5. The summed E-state index contributed by atoms with van der Waals surface area (Å²) in [5.41, 5.74) is 5.00. The monoisotopic (exact) mass is 244 g/mol. The summed E-state index contributed by atoms with van der Waals surface area (Å²) in [6, 6.07) is 5.02. The van der Waals surface area contributed by atoms with Crippen LogP contribution in [0.1, 0.15) is 0 Å². The number of nitrogens with one attached hydrogen (secondary N) is 1. The van der Waals surface area contributed by atoms with E-state index in [0.717, 1.165) is 0 Å². The highest BCUT2D eigenvalue weighted by Crippen LogP contribution is 2.15. The molecule has 0 bridgehead atoms. The van der Waals surface area contributed by atoms with Gasteiger partial charge in [-0.2, -0.15) is 8.42 Å². The Morgan fingerprint density at radius 2 is 1.88 bits per heavy atom. The molecule has 0 saturated carbocycles. The van der Waals surface area contributed by atoms with Crippen molar-refractivity contribution < 1.29 is 22.2 Å². The van der Waals surface area contributed by atoms with Crippen LogP contribution in [-0.2, 0) is 19.1 Å². The molecule has 0 fully saturated rings. The Morgan fingerprint density at radius 1 is 1.31 bits per heavy atom. The second kappa shape index (κ2) is 4.62. The zero-order valence-corrected chi connectivity index (χ0v) is 8.73. The molecule has 0 aliphatic heterocycles. The molecule has 0 heterocycles. The van der Waals surface area contributed by atoms with Gasteiger partial charge in [0, 0.05) is 5.69 Å². The predicted molar refractivity (Wildman–Crippen MR) is 54.0 cm³/mol. The Kier molecular flexibility index (Phi) is 3.46. The number of hydrogen-bond donors (Lipinski definition) is 2. The molecule has 1 rings (SSSR count). The van der Waals surface area contributed by atoms with Crippen molar-refractivity contribution in [1.82, 2.24) is 0 Å². The Labute approximate surface area is 91.3 Å². The predicted octanol–water partition coefficient (Wildman–Crippen LogP) is 0.0389. The largest absolute Gasteiger partial charge is 0.420 e. The zero-order chi connectivity index (χ0) is 12.2. The maximum Gasteiger partial charge on any atom is 0.420 e. The van der Waals surface area contributed by atoms with Gasteiger partial charge in [0.05, 0.1) is 0 Å². The van der Waals surface area contributed by atoms with Crippen LogP contribution in [0, 0.1) is 0 Å². The summed E-state index contributed by atoms with van der Waals surface area (Å²) in [7, 11) is -4.18. The number of benzene rings is 1. The molecule has 1 aromatic rings. The zero-order valence-electron chi connectivity index (χ0n) is 7.91. The topological polar surface area (TPSA) is 116 Å². The molecule has 0 atom stereocenters. The fourth-order valence-corrected chi connectivity index (χ4v) is 1.72. The Hall–Kier alpha value is -2.09. The second-order valence-corrected chi connectivity index (χ2v) is 4.19. The molecule has 7 nitrogen and oxygen atoms in total. The van der Waals surface area contributed by atoms with Gasteiger partial charge in [0.15, 0.2) is 0 Å². The molecule has 0 unspecified atom stereocenters. The van der Waals surface area contributed by atoms with Crippen LogP contribution in [0.5, 0.6) is 0 Å². The van der Waals surface area contributed by atoms with E-state index in [9.17, 15) is 18.0 Å². The highest BCUT2D eigenvalue weighted by atomic mass is 32.2. The highest BCUT2D eigenvalue weighted by Gasteiger charge is 2.17. The Morgan fingerprint density at radius 3 is 2.31 bits per heavy atom. The molecule has 0 radical (unpaired) electrons. The van der Waals surface area contributed by atoms with E-state index in [2.05, 4.69) is 15.2 Å². The van der Waals surface area contributed by atoms with Crippen LogP contribution in [0.25, 0.3) is 0 Å². The number of anilines is 1. The molecule has 0 aromatic heterocycles. The summed E-state index contributed by atoms with van der Waals surface area (Å²) in [5, 5.41) is 2.32. The molecule has 8 heteroatoms. The van der Waals surface area contributed by atoms with Crippen LogP contribution in [0.4, 0.5) is 10.5 Å². The molecule has 0 spiro atoms. The summed E-state index contributed by atoms with van der Waals surface area (Å²) in [6.45, 7) is 0. The lowest BCUT2D eigenvalue weighted by Crippen LogP contribution is -2.18. The van der Waals surface area contributed by atoms with Gasteiger partial charge in [-0.1, -0.05) is 0 Å². The molecule has 86 valence electrons. The van der Waals surface area contributed by atoms with E-state index in [1.165, 1.54) is 24.3 Å². The smallest absolute Gasteiger partial charge is 0.334 e. The normalized spacial score (nSPS) is 10.5. The van der Waals surface area contributed by atoms with Crippen LogP contribution in [0.3, 0.4) is 0 Å². The van der Waals surface area contributed by atoms with Gasteiger partial charge in [0.25, 0.3) is 0 Å². The molecular formula is C8H8N2O5S. The van der Waals surface area contributed by atoms with E-state index in [1.807, 2.05) is 0 Å². The fraction of sp³-hybridized carbons (Fsp3) is 0. The first-order valence-corrected chi connectivity index (χ1v) is 5.41. The van der Waals surface area contributed by atoms with E-state index in [1.54, 1.807) is 0 Å². The lowest BCUT2D eigenvalue weighted by molar-refractivity contribution is -0.105. The van der Waals surface area contributed by atoms with Crippen molar-refractivity contribution >= 4 is 28.3 Å². The lowest BCUT2D eigenvalue weighted by atomic mass is 10.3. The molecule has 2 amide bonds. The van der Waals surface area contributed by atoms with E-state index in [4.69, 9.17) is 0 Å². The van der Waals surface area contributed by atoms with Crippen molar-refractivity contribution in [3.63, 3.8) is 0 Å². The number of amides is 2. The number of carbonyl (C=O) groups is 2. The maximum absolute atomic E-state index is 11.3. The summed E-state index contributed by atoms with van der Waals surface area (Å²) >= 11 is 0. The third kappa shape index (κ3) is 2.95. The van der Waals surface area contributed by atoms with E-state index in [0.29, 0.717) is 12.1 Å². The van der Waals surface area contributed by atoms with E-state index < -0.39 is 16.2 Å². The molecule has 16 heavy (non-hydrogen) atoms. The number of nitrogens with two attached hydrogens (primary N) is 1. The molecular weight excluding hydrogens is 236 g/mol. The molecule has 0 aliphatic rings. The van der Waals surface area contributed by atoms with Crippen LogP contribution in [0.15, 0.2) is 29.2 Å². The maximum atomic E-state index is 11.3. The third-order valence-corrected chi connectivity index (χ3v) is 2.79. The van der Waals surface area contributed by atoms with Gasteiger partial charge in [-0.15, -0.1) is 0 Å². The first kappa shape index (κ1) is 12.0. The van der Waals surface area contributed by atoms with Crippen LogP contribution in [0.2, 0.25) is 0 Å². The van der Waals surface area contributed by atoms with E-state index in [-0.39, 0.29) is 4.90 Å². The average molecular weight is 244 g/mol. The average Bonchev–Trinajstić information content (AvgIpc) is 2.17. The first-order valence-electron chi connectivity index (χ1n) is 4.00. The first-order chi connectivity index (χ1) is 7.45. The van der Waals surface area contributed by atoms with Crippen molar-refractivity contribution in [1.29, 1.82) is 0 Å². The lowest BCUT2D eigenvalue weighted by Gasteiger charge is -2.03. The summed E-state index contributed by atoms with van der Waals surface area (Å²) in [6.07, 6.45) is -0.959. The highest BCUT2D eigenvalue weighted by molar-refractivity contribution is 7.87. The summed E-state index contributed by atoms with van der Waals surface area (Å²) in [5.74, 6) is 0.